The number of nitrogens with two attached hydrogens (primary N) is 1. The molecule has 0 spiro atoms. The number of sulfonamides is 1. The van der Waals surface area contributed by atoms with E-state index in [1.807, 2.05) is 0 Å². The van der Waals surface area contributed by atoms with E-state index in [9.17, 15) is 13.2 Å². The maximum Gasteiger partial charge on any atom is 0.253 e. The lowest BCUT2D eigenvalue weighted by Crippen LogP contribution is -2.45. The summed E-state index contributed by atoms with van der Waals surface area (Å²) in [6.45, 7) is 1.61. The number of ether oxygens (including phenoxy) is 1. The molecule has 1 atom stereocenters. The van der Waals surface area contributed by atoms with Crippen LogP contribution in [0.15, 0.2) is 29.2 Å². The van der Waals surface area contributed by atoms with Gasteiger partial charge in [-0.25, -0.2) is 13.1 Å². The largest absolute Gasteiger partial charge is 0.383 e. The van der Waals surface area contributed by atoms with Gasteiger partial charge in [-0.2, -0.15) is 0 Å². The summed E-state index contributed by atoms with van der Waals surface area (Å²) < 4.78 is 31.7. The fourth-order valence-electron chi connectivity index (χ4n) is 2.53. The Bertz CT molecular complexity index is 648. The summed E-state index contributed by atoms with van der Waals surface area (Å²) in [4.78, 5) is 14.3. The van der Waals surface area contributed by atoms with Gasteiger partial charge in [-0.15, -0.1) is 0 Å². The van der Waals surface area contributed by atoms with Gasteiger partial charge in [0.15, 0.2) is 0 Å². The molecule has 1 aliphatic heterocycles. The maximum atomic E-state index is 12.5. The molecule has 1 saturated heterocycles. The highest BCUT2D eigenvalue weighted by atomic mass is 32.2. The fraction of sp³-hybridized carbons (Fsp3) is 0.533. The van der Waals surface area contributed by atoms with Crippen molar-refractivity contribution in [3.05, 3.63) is 29.8 Å². The Balaban J connectivity index is 2.14. The molecule has 0 bridgehead atoms. The average Bonchev–Trinajstić information content (AvgIpc) is 2.54. The number of benzene rings is 1. The minimum absolute atomic E-state index is 0.0182. The summed E-state index contributed by atoms with van der Waals surface area (Å²) in [5.41, 5.74) is 6.25. The first-order valence-electron chi connectivity index (χ1n) is 7.57. The van der Waals surface area contributed by atoms with Crippen LogP contribution in [0.4, 0.5) is 0 Å². The van der Waals surface area contributed by atoms with Crippen LogP contribution in [0.2, 0.25) is 0 Å². The molecule has 0 aliphatic carbocycles. The first-order valence-corrected chi connectivity index (χ1v) is 9.06. The second-order valence-electron chi connectivity index (χ2n) is 5.57. The standard InChI is InChI=1S/C15H23N3O4S/c1-22-9-7-17-23(20,21)14-6-2-4-12(10-14)15(19)18-8-3-5-13(16)11-18/h2,4,6,10,13,17H,3,5,7-9,11,16H2,1H3. The van der Waals surface area contributed by atoms with Gasteiger partial charge in [0.2, 0.25) is 10.0 Å². The van der Waals surface area contributed by atoms with E-state index in [0.29, 0.717) is 18.7 Å². The minimum Gasteiger partial charge on any atom is -0.383 e. The van der Waals surface area contributed by atoms with Crippen LogP contribution in [0.3, 0.4) is 0 Å². The quantitative estimate of drug-likeness (QED) is 0.719. The maximum absolute atomic E-state index is 12.5. The zero-order valence-corrected chi connectivity index (χ0v) is 14.0. The van der Waals surface area contributed by atoms with Gasteiger partial charge in [-0.1, -0.05) is 6.07 Å². The molecule has 1 heterocycles. The lowest BCUT2D eigenvalue weighted by Gasteiger charge is -2.30. The molecular weight excluding hydrogens is 318 g/mol. The van der Waals surface area contributed by atoms with E-state index in [0.717, 1.165) is 12.8 Å². The number of nitrogens with zero attached hydrogens (tertiary/aromatic N) is 1. The van der Waals surface area contributed by atoms with E-state index >= 15 is 0 Å². The third-order valence-corrected chi connectivity index (χ3v) is 5.19. The van der Waals surface area contributed by atoms with Gasteiger partial charge in [-0.05, 0) is 31.0 Å². The second-order valence-corrected chi connectivity index (χ2v) is 7.34. The topological polar surface area (TPSA) is 102 Å². The lowest BCUT2D eigenvalue weighted by molar-refractivity contribution is 0.0708. The molecule has 1 aliphatic rings. The van der Waals surface area contributed by atoms with Crippen LogP contribution >= 0.6 is 0 Å². The van der Waals surface area contributed by atoms with Crippen LogP contribution in [-0.4, -0.2) is 58.6 Å². The molecule has 0 radical (unpaired) electrons. The number of carbonyl (C=O) groups is 1. The SMILES string of the molecule is COCCNS(=O)(=O)c1cccc(C(=O)N2CCCC(N)C2)c1. The van der Waals surface area contributed by atoms with Crippen LogP contribution < -0.4 is 10.5 Å². The summed E-state index contributed by atoms with van der Waals surface area (Å²) >= 11 is 0. The Hall–Kier alpha value is -1.48. The van der Waals surface area contributed by atoms with Crippen molar-refractivity contribution in [1.82, 2.24) is 9.62 Å². The predicted molar refractivity (Wildman–Crippen MR) is 86.6 cm³/mol. The third kappa shape index (κ3) is 4.74. The highest BCUT2D eigenvalue weighted by molar-refractivity contribution is 7.89. The van der Waals surface area contributed by atoms with Gasteiger partial charge in [0, 0.05) is 38.3 Å². The van der Waals surface area contributed by atoms with Gasteiger partial charge >= 0.3 is 0 Å². The van der Waals surface area contributed by atoms with E-state index in [2.05, 4.69) is 4.72 Å². The van der Waals surface area contributed by atoms with Gasteiger partial charge in [0.25, 0.3) is 5.91 Å². The molecule has 2 rings (SSSR count). The number of methoxy groups -OCH3 is 1. The zero-order valence-electron chi connectivity index (χ0n) is 13.2. The molecule has 1 aromatic rings. The molecular formula is C15H23N3O4S. The predicted octanol–water partition coefficient (Wildman–Crippen LogP) is 0.175. The van der Waals surface area contributed by atoms with E-state index < -0.39 is 10.0 Å². The number of piperidine rings is 1. The molecule has 1 amide bonds. The number of rotatable bonds is 6. The van der Waals surface area contributed by atoms with Crippen molar-refractivity contribution in [2.45, 2.75) is 23.8 Å². The lowest BCUT2D eigenvalue weighted by atomic mass is 10.1. The first-order chi connectivity index (χ1) is 10.9. The number of hydrogen-bond donors (Lipinski definition) is 2. The van der Waals surface area contributed by atoms with Crippen molar-refractivity contribution >= 4 is 15.9 Å². The van der Waals surface area contributed by atoms with E-state index in [1.165, 1.54) is 19.2 Å². The number of nitrogens with one attached hydrogen (secondary N) is 1. The van der Waals surface area contributed by atoms with Crippen LogP contribution in [0, 0.1) is 0 Å². The van der Waals surface area contributed by atoms with Crippen molar-refractivity contribution in [1.29, 1.82) is 0 Å². The molecule has 1 fully saturated rings. The van der Waals surface area contributed by atoms with E-state index in [4.69, 9.17) is 10.5 Å². The Morgan fingerprint density at radius 1 is 1.48 bits per heavy atom. The molecule has 128 valence electrons. The fourth-order valence-corrected chi connectivity index (χ4v) is 3.59. The molecule has 8 heteroatoms. The average molecular weight is 341 g/mol. The summed E-state index contributed by atoms with van der Waals surface area (Å²) in [6.07, 6.45) is 1.77. The van der Waals surface area contributed by atoms with Crippen LogP contribution in [0.25, 0.3) is 0 Å². The van der Waals surface area contributed by atoms with Gasteiger partial charge < -0.3 is 15.4 Å². The highest BCUT2D eigenvalue weighted by Gasteiger charge is 2.23. The van der Waals surface area contributed by atoms with Crippen molar-refractivity contribution in [2.24, 2.45) is 5.73 Å². The Morgan fingerprint density at radius 2 is 2.26 bits per heavy atom. The van der Waals surface area contributed by atoms with Crippen molar-refractivity contribution in [2.75, 3.05) is 33.4 Å². The molecule has 1 aromatic carbocycles. The summed E-state index contributed by atoms with van der Waals surface area (Å²) in [5, 5.41) is 0. The van der Waals surface area contributed by atoms with Gasteiger partial charge in [0.05, 0.1) is 11.5 Å². The Morgan fingerprint density at radius 3 is 2.96 bits per heavy atom. The smallest absolute Gasteiger partial charge is 0.253 e. The van der Waals surface area contributed by atoms with Crippen molar-refractivity contribution in [3.63, 3.8) is 0 Å². The molecule has 7 nitrogen and oxygen atoms in total. The van der Waals surface area contributed by atoms with Crippen molar-refractivity contribution in [3.8, 4) is 0 Å². The van der Waals surface area contributed by atoms with Crippen LogP contribution in [-0.2, 0) is 14.8 Å². The van der Waals surface area contributed by atoms with Crippen molar-refractivity contribution < 1.29 is 17.9 Å². The minimum atomic E-state index is -3.66. The molecule has 1 unspecified atom stereocenters. The molecule has 0 aromatic heterocycles. The molecule has 0 saturated carbocycles. The van der Waals surface area contributed by atoms with E-state index in [1.54, 1.807) is 17.0 Å². The number of hydrogen-bond acceptors (Lipinski definition) is 5. The van der Waals surface area contributed by atoms with Gasteiger partial charge in [0.1, 0.15) is 0 Å². The zero-order chi connectivity index (χ0) is 16.9. The monoisotopic (exact) mass is 341 g/mol. The number of carbonyl (C=O) groups excluding carboxylic acids is 1. The normalized spacial score (nSPS) is 18.9. The first kappa shape index (κ1) is 17.9. The number of likely N-dealkylation sites (tertiary alicyclic amines) is 1. The Kier molecular flexibility index (Phi) is 6.11. The molecule has 23 heavy (non-hydrogen) atoms. The highest BCUT2D eigenvalue weighted by Crippen LogP contribution is 2.16. The second kappa shape index (κ2) is 7.87. The third-order valence-electron chi connectivity index (χ3n) is 3.73. The molecule has 3 N–H and O–H groups in total. The Labute approximate surface area is 136 Å². The van der Waals surface area contributed by atoms with Crippen LogP contribution in [0.1, 0.15) is 23.2 Å². The summed E-state index contributed by atoms with van der Waals surface area (Å²) in [7, 11) is -2.16. The number of amides is 1. The summed E-state index contributed by atoms with van der Waals surface area (Å²) in [5.74, 6) is -0.186. The van der Waals surface area contributed by atoms with E-state index in [-0.39, 0.29) is 30.0 Å². The van der Waals surface area contributed by atoms with Crippen LogP contribution in [0.5, 0.6) is 0 Å². The van der Waals surface area contributed by atoms with Gasteiger partial charge in [-0.3, -0.25) is 4.79 Å². The summed E-state index contributed by atoms with van der Waals surface area (Å²) in [6, 6.07) is 6.04.